The standard InChI is InChI=1S/C16H26N2O2/c1-4-13(3)14-8-6-7-9-15(14)20-12-16(19)18-11-10-17-5-2/h6-9,13,17H,4-5,10-12H2,1-3H3,(H,18,19). The number of carbonyl (C=O) groups excluding carboxylic acids is 1. The van der Waals surface area contributed by atoms with Crippen LogP contribution < -0.4 is 15.4 Å². The third-order valence-corrected chi connectivity index (χ3v) is 3.30. The van der Waals surface area contributed by atoms with Crippen LogP contribution in [0.25, 0.3) is 0 Å². The van der Waals surface area contributed by atoms with E-state index in [0.717, 1.165) is 30.8 Å². The van der Waals surface area contributed by atoms with Crippen LogP contribution in [0.3, 0.4) is 0 Å². The molecule has 4 nitrogen and oxygen atoms in total. The summed E-state index contributed by atoms with van der Waals surface area (Å²) in [6, 6.07) is 7.93. The maximum Gasteiger partial charge on any atom is 0.257 e. The average molecular weight is 278 g/mol. The highest BCUT2D eigenvalue weighted by atomic mass is 16.5. The number of amides is 1. The molecule has 0 spiro atoms. The molecule has 2 N–H and O–H groups in total. The number of hydrogen-bond acceptors (Lipinski definition) is 3. The average Bonchev–Trinajstić information content (AvgIpc) is 2.49. The van der Waals surface area contributed by atoms with Crippen molar-refractivity contribution in [2.45, 2.75) is 33.1 Å². The van der Waals surface area contributed by atoms with Crippen LogP contribution in [0.2, 0.25) is 0 Å². The molecule has 112 valence electrons. The van der Waals surface area contributed by atoms with Crippen LogP contribution in [-0.4, -0.2) is 32.1 Å². The van der Waals surface area contributed by atoms with Gasteiger partial charge >= 0.3 is 0 Å². The Balaban J connectivity index is 2.43. The minimum atomic E-state index is -0.0816. The number of nitrogens with one attached hydrogen (secondary N) is 2. The van der Waals surface area contributed by atoms with Crippen LogP contribution in [0, 0.1) is 0 Å². The molecule has 0 aromatic heterocycles. The Hall–Kier alpha value is -1.55. The number of benzene rings is 1. The van der Waals surface area contributed by atoms with Crippen molar-refractivity contribution in [1.29, 1.82) is 0 Å². The molecule has 0 bridgehead atoms. The predicted octanol–water partition coefficient (Wildman–Crippen LogP) is 2.30. The number of ether oxygens (including phenoxy) is 1. The molecule has 0 heterocycles. The third kappa shape index (κ3) is 5.61. The molecule has 0 saturated heterocycles. The predicted molar refractivity (Wildman–Crippen MR) is 82.2 cm³/mol. The van der Waals surface area contributed by atoms with Gasteiger partial charge in [0, 0.05) is 13.1 Å². The summed E-state index contributed by atoms with van der Waals surface area (Å²) in [6.07, 6.45) is 1.05. The van der Waals surface area contributed by atoms with Gasteiger partial charge in [-0.05, 0) is 30.5 Å². The van der Waals surface area contributed by atoms with Crippen LogP contribution >= 0.6 is 0 Å². The molecule has 4 heteroatoms. The first-order valence-corrected chi connectivity index (χ1v) is 7.38. The zero-order chi connectivity index (χ0) is 14.8. The first-order chi connectivity index (χ1) is 9.69. The molecular formula is C16H26N2O2. The Kier molecular flexibility index (Phi) is 7.73. The van der Waals surface area contributed by atoms with Crippen LogP contribution in [0.15, 0.2) is 24.3 Å². The van der Waals surface area contributed by atoms with Crippen molar-refractivity contribution in [3.05, 3.63) is 29.8 Å². The topological polar surface area (TPSA) is 50.4 Å². The van der Waals surface area contributed by atoms with E-state index in [4.69, 9.17) is 4.74 Å². The minimum Gasteiger partial charge on any atom is -0.483 e. The van der Waals surface area contributed by atoms with Crippen molar-refractivity contribution in [1.82, 2.24) is 10.6 Å². The summed E-state index contributed by atoms with van der Waals surface area (Å²) in [5, 5.41) is 5.98. The molecule has 1 amide bonds. The number of para-hydroxylation sites is 1. The Morgan fingerprint density at radius 3 is 2.70 bits per heavy atom. The minimum absolute atomic E-state index is 0.0690. The van der Waals surface area contributed by atoms with Gasteiger partial charge in [-0.25, -0.2) is 0 Å². The van der Waals surface area contributed by atoms with Gasteiger partial charge in [-0.3, -0.25) is 4.79 Å². The third-order valence-electron chi connectivity index (χ3n) is 3.30. The summed E-state index contributed by atoms with van der Waals surface area (Å²) in [6.45, 7) is 8.74. The van der Waals surface area contributed by atoms with E-state index in [1.807, 2.05) is 25.1 Å². The van der Waals surface area contributed by atoms with Crippen molar-refractivity contribution in [3.8, 4) is 5.75 Å². The smallest absolute Gasteiger partial charge is 0.257 e. The van der Waals surface area contributed by atoms with E-state index in [2.05, 4.69) is 30.5 Å². The molecule has 1 aromatic rings. The van der Waals surface area contributed by atoms with E-state index in [0.29, 0.717) is 12.5 Å². The van der Waals surface area contributed by atoms with Gasteiger partial charge in [0.2, 0.25) is 0 Å². The molecule has 1 aromatic carbocycles. The summed E-state index contributed by atoms with van der Waals surface area (Å²) in [5.41, 5.74) is 1.16. The largest absolute Gasteiger partial charge is 0.483 e. The van der Waals surface area contributed by atoms with E-state index in [9.17, 15) is 4.79 Å². The van der Waals surface area contributed by atoms with Crippen LogP contribution in [0.5, 0.6) is 5.75 Å². The lowest BCUT2D eigenvalue weighted by Gasteiger charge is -2.15. The lowest BCUT2D eigenvalue weighted by molar-refractivity contribution is -0.123. The molecule has 0 aliphatic carbocycles. The quantitative estimate of drug-likeness (QED) is 0.682. The zero-order valence-corrected chi connectivity index (χ0v) is 12.7. The van der Waals surface area contributed by atoms with E-state index in [1.54, 1.807) is 0 Å². The van der Waals surface area contributed by atoms with E-state index in [1.165, 1.54) is 0 Å². The highest BCUT2D eigenvalue weighted by Gasteiger charge is 2.10. The molecular weight excluding hydrogens is 252 g/mol. The summed E-state index contributed by atoms with van der Waals surface area (Å²) in [4.78, 5) is 11.7. The zero-order valence-electron chi connectivity index (χ0n) is 12.7. The first-order valence-electron chi connectivity index (χ1n) is 7.38. The number of likely N-dealkylation sites (N-methyl/N-ethyl adjacent to an activating group) is 1. The molecule has 1 atom stereocenters. The van der Waals surface area contributed by atoms with Gasteiger partial charge in [0.05, 0.1) is 0 Å². The highest BCUT2D eigenvalue weighted by molar-refractivity contribution is 5.77. The second-order valence-electron chi connectivity index (χ2n) is 4.84. The van der Waals surface area contributed by atoms with Crippen molar-refractivity contribution < 1.29 is 9.53 Å². The van der Waals surface area contributed by atoms with Gasteiger partial charge in [0.1, 0.15) is 5.75 Å². The number of rotatable bonds is 9. The molecule has 1 rings (SSSR count). The van der Waals surface area contributed by atoms with Crippen LogP contribution in [0.1, 0.15) is 38.7 Å². The van der Waals surface area contributed by atoms with Gasteiger partial charge < -0.3 is 15.4 Å². The molecule has 0 aliphatic rings. The van der Waals surface area contributed by atoms with Crippen LogP contribution in [-0.2, 0) is 4.79 Å². The number of hydrogen-bond donors (Lipinski definition) is 2. The lowest BCUT2D eigenvalue weighted by Crippen LogP contribution is -2.34. The molecule has 0 radical (unpaired) electrons. The molecule has 0 aliphatic heterocycles. The molecule has 0 saturated carbocycles. The monoisotopic (exact) mass is 278 g/mol. The fraction of sp³-hybridized carbons (Fsp3) is 0.562. The van der Waals surface area contributed by atoms with Gasteiger partial charge in [-0.2, -0.15) is 0 Å². The van der Waals surface area contributed by atoms with Gasteiger partial charge in [0.15, 0.2) is 6.61 Å². The Bertz CT molecular complexity index is 407. The second kappa shape index (κ2) is 9.37. The van der Waals surface area contributed by atoms with E-state index in [-0.39, 0.29) is 12.5 Å². The fourth-order valence-corrected chi connectivity index (χ4v) is 1.90. The van der Waals surface area contributed by atoms with Crippen molar-refractivity contribution in [2.75, 3.05) is 26.2 Å². The van der Waals surface area contributed by atoms with Crippen LogP contribution in [0.4, 0.5) is 0 Å². The van der Waals surface area contributed by atoms with Crippen molar-refractivity contribution in [2.24, 2.45) is 0 Å². The SMILES string of the molecule is CCNCCNC(=O)COc1ccccc1C(C)CC. The lowest BCUT2D eigenvalue weighted by atomic mass is 9.98. The summed E-state index contributed by atoms with van der Waals surface area (Å²) in [5.74, 6) is 1.16. The Morgan fingerprint density at radius 2 is 2.00 bits per heavy atom. The first kappa shape index (κ1) is 16.5. The maximum absolute atomic E-state index is 11.7. The normalized spacial score (nSPS) is 11.9. The van der Waals surface area contributed by atoms with Gasteiger partial charge in [0.25, 0.3) is 5.91 Å². The maximum atomic E-state index is 11.7. The van der Waals surface area contributed by atoms with E-state index < -0.39 is 0 Å². The van der Waals surface area contributed by atoms with Gasteiger partial charge in [-0.1, -0.05) is 39.0 Å². The fourth-order valence-electron chi connectivity index (χ4n) is 1.90. The Labute approximate surface area is 121 Å². The van der Waals surface area contributed by atoms with E-state index >= 15 is 0 Å². The molecule has 0 fully saturated rings. The van der Waals surface area contributed by atoms with Crippen molar-refractivity contribution in [3.63, 3.8) is 0 Å². The molecule has 20 heavy (non-hydrogen) atoms. The summed E-state index contributed by atoms with van der Waals surface area (Å²) >= 11 is 0. The van der Waals surface area contributed by atoms with Gasteiger partial charge in [-0.15, -0.1) is 0 Å². The summed E-state index contributed by atoms with van der Waals surface area (Å²) in [7, 11) is 0. The number of carbonyl (C=O) groups is 1. The Morgan fingerprint density at radius 1 is 1.25 bits per heavy atom. The van der Waals surface area contributed by atoms with Crippen molar-refractivity contribution >= 4 is 5.91 Å². The second-order valence-corrected chi connectivity index (χ2v) is 4.84. The highest BCUT2D eigenvalue weighted by Crippen LogP contribution is 2.28. The summed E-state index contributed by atoms with van der Waals surface area (Å²) < 4.78 is 5.65. The molecule has 1 unspecified atom stereocenters.